The highest BCUT2D eigenvalue weighted by molar-refractivity contribution is 7.11. The maximum Gasteiger partial charge on any atom is 0.275 e. The lowest BCUT2D eigenvalue weighted by molar-refractivity contribution is 0.102. The summed E-state index contributed by atoms with van der Waals surface area (Å²) in [6.07, 6.45) is 0. The largest absolute Gasteiger partial charge is 0.318 e. The molecule has 7 heteroatoms. The number of benzene rings is 1. The maximum atomic E-state index is 13.4. The molecule has 0 fully saturated rings. The molecule has 100 valence electrons. The summed E-state index contributed by atoms with van der Waals surface area (Å²) < 4.78 is 39.2. The molecular weight excluding hydrogens is 277 g/mol. The number of hydrogen-bond donors (Lipinski definition) is 1. The Morgan fingerprint density at radius 2 is 1.89 bits per heavy atom. The Morgan fingerprint density at radius 3 is 2.47 bits per heavy atom. The Balaban J connectivity index is 2.29. The predicted octanol–water partition coefficient (Wildman–Crippen LogP) is 3.43. The van der Waals surface area contributed by atoms with E-state index in [-0.39, 0.29) is 5.69 Å². The summed E-state index contributed by atoms with van der Waals surface area (Å²) >= 11 is 1.32. The minimum atomic E-state index is -1.62. The van der Waals surface area contributed by atoms with E-state index < -0.39 is 29.0 Å². The van der Waals surface area contributed by atoms with Crippen LogP contribution in [0.1, 0.15) is 20.4 Å². The highest BCUT2D eigenvalue weighted by Crippen LogP contribution is 2.22. The normalized spacial score (nSPS) is 10.6. The van der Waals surface area contributed by atoms with Gasteiger partial charge in [0.05, 0.1) is 10.7 Å². The van der Waals surface area contributed by atoms with Crippen LogP contribution in [-0.2, 0) is 0 Å². The van der Waals surface area contributed by atoms with E-state index >= 15 is 0 Å². The second kappa shape index (κ2) is 5.00. The van der Waals surface area contributed by atoms with E-state index in [1.807, 2.05) is 0 Å². The molecule has 1 aromatic carbocycles. The van der Waals surface area contributed by atoms with E-state index in [0.717, 1.165) is 12.1 Å². The highest BCUT2D eigenvalue weighted by Gasteiger charge is 2.18. The van der Waals surface area contributed by atoms with Gasteiger partial charge in [-0.1, -0.05) is 0 Å². The molecule has 2 rings (SSSR count). The maximum absolute atomic E-state index is 13.4. The SMILES string of the molecule is Cc1nc(C(=O)Nc2ccc(F)c(F)c2F)c(C)s1. The summed E-state index contributed by atoms with van der Waals surface area (Å²) in [5.74, 6) is -5.02. The van der Waals surface area contributed by atoms with Crippen molar-refractivity contribution in [1.82, 2.24) is 4.98 Å². The average molecular weight is 286 g/mol. The summed E-state index contributed by atoms with van der Waals surface area (Å²) in [5, 5.41) is 2.86. The Hall–Kier alpha value is -1.89. The van der Waals surface area contributed by atoms with Crippen molar-refractivity contribution < 1.29 is 18.0 Å². The van der Waals surface area contributed by atoms with E-state index in [2.05, 4.69) is 10.3 Å². The third kappa shape index (κ3) is 2.60. The minimum absolute atomic E-state index is 0.145. The van der Waals surface area contributed by atoms with E-state index in [4.69, 9.17) is 0 Å². The molecule has 0 saturated heterocycles. The Kier molecular flexibility index (Phi) is 3.57. The van der Waals surface area contributed by atoms with Gasteiger partial charge in [0, 0.05) is 4.88 Å². The van der Waals surface area contributed by atoms with Crippen LogP contribution in [0, 0.1) is 31.3 Å². The predicted molar refractivity (Wildman–Crippen MR) is 65.9 cm³/mol. The van der Waals surface area contributed by atoms with E-state index in [1.54, 1.807) is 13.8 Å². The smallest absolute Gasteiger partial charge is 0.275 e. The second-order valence-electron chi connectivity index (χ2n) is 3.81. The first-order valence-electron chi connectivity index (χ1n) is 5.29. The standard InChI is InChI=1S/C12H9F3N2OS/c1-5-11(16-6(2)19-5)12(18)17-8-4-3-7(13)9(14)10(8)15/h3-4H,1-2H3,(H,17,18). The van der Waals surface area contributed by atoms with Gasteiger partial charge in [0.1, 0.15) is 5.69 Å². The Bertz CT molecular complexity index is 655. The zero-order valence-electron chi connectivity index (χ0n) is 10.1. The van der Waals surface area contributed by atoms with Gasteiger partial charge in [0.15, 0.2) is 17.5 Å². The number of thiazole rings is 1. The summed E-state index contributed by atoms with van der Waals surface area (Å²) in [6.45, 7) is 3.42. The minimum Gasteiger partial charge on any atom is -0.318 e. The summed E-state index contributed by atoms with van der Waals surface area (Å²) in [6, 6.07) is 1.70. The lowest BCUT2D eigenvalue weighted by Crippen LogP contribution is -2.15. The molecule has 1 heterocycles. The van der Waals surface area contributed by atoms with Crippen LogP contribution >= 0.6 is 11.3 Å². The van der Waals surface area contributed by atoms with Crippen LogP contribution in [0.4, 0.5) is 18.9 Å². The topological polar surface area (TPSA) is 42.0 Å². The van der Waals surface area contributed by atoms with Crippen LogP contribution in [0.25, 0.3) is 0 Å². The highest BCUT2D eigenvalue weighted by atomic mass is 32.1. The van der Waals surface area contributed by atoms with Gasteiger partial charge < -0.3 is 5.32 Å². The van der Waals surface area contributed by atoms with E-state index in [9.17, 15) is 18.0 Å². The number of nitrogens with one attached hydrogen (secondary N) is 1. The first-order chi connectivity index (χ1) is 8.90. The van der Waals surface area contributed by atoms with Crippen molar-refractivity contribution in [3.8, 4) is 0 Å². The molecule has 0 atom stereocenters. The van der Waals surface area contributed by atoms with E-state index in [1.165, 1.54) is 11.3 Å². The fourth-order valence-corrected chi connectivity index (χ4v) is 2.36. The van der Waals surface area contributed by atoms with Crippen molar-refractivity contribution in [2.75, 3.05) is 5.32 Å². The summed E-state index contributed by atoms with van der Waals surface area (Å²) in [5.41, 5.74) is -0.277. The van der Waals surface area contributed by atoms with Gasteiger partial charge in [-0.3, -0.25) is 4.79 Å². The second-order valence-corrected chi connectivity index (χ2v) is 5.22. The van der Waals surface area contributed by atoms with Crippen molar-refractivity contribution >= 4 is 22.9 Å². The molecule has 0 spiro atoms. The molecular formula is C12H9F3N2OS. The van der Waals surface area contributed by atoms with Gasteiger partial charge in [0.25, 0.3) is 5.91 Å². The van der Waals surface area contributed by atoms with Gasteiger partial charge in [-0.15, -0.1) is 11.3 Å². The number of carbonyl (C=O) groups excluding carboxylic acids is 1. The van der Waals surface area contributed by atoms with Gasteiger partial charge in [-0.2, -0.15) is 0 Å². The Morgan fingerprint density at radius 1 is 1.21 bits per heavy atom. The number of rotatable bonds is 2. The molecule has 1 aromatic heterocycles. The lowest BCUT2D eigenvalue weighted by Gasteiger charge is -2.06. The Labute approximate surface area is 111 Å². The molecule has 0 aliphatic carbocycles. The van der Waals surface area contributed by atoms with Crippen LogP contribution < -0.4 is 5.32 Å². The van der Waals surface area contributed by atoms with E-state index in [0.29, 0.717) is 9.88 Å². The van der Waals surface area contributed by atoms with Crippen molar-refractivity contribution in [3.63, 3.8) is 0 Å². The number of aromatic nitrogens is 1. The number of halogens is 3. The summed E-state index contributed by atoms with van der Waals surface area (Å²) in [4.78, 5) is 16.5. The van der Waals surface area contributed by atoms with Gasteiger partial charge in [0.2, 0.25) is 0 Å². The van der Waals surface area contributed by atoms with Gasteiger partial charge in [-0.05, 0) is 26.0 Å². The van der Waals surface area contributed by atoms with Crippen LogP contribution in [-0.4, -0.2) is 10.9 Å². The number of amides is 1. The van der Waals surface area contributed by atoms with Crippen molar-refractivity contribution in [2.24, 2.45) is 0 Å². The third-order valence-electron chi connectivity index (χ3n) is 2.40. The number of anilines is 1. The van der Waals surface area contributed by atoms with Crippen molar-refractivity contribution in [3.05, 3.63) is 45.2 Å². The van der Waals surface area contributed by atoms with Crippen molar-refractivity contribution in [1.29, 1.82) is 0 Å². The molecule has 3 nitrogen and oxygen atoms in total. The number of aryl methyl sites for hydroxylation is 2. The molecule has 0 unspecified atom stereocenters. The van der Waals surface area contributed by atoms with Crippen LogP contribution in [0.2, 0.25) is 0 Å². The molecule has 1 amide bonds. The summed E-state index contributed by atoms with van der Waals surface area (Å²) in [7, 11) is 0. The third-order valence-corrected chi connectivity index (χ3v) is 3.29. The number of carbonyl (C=O) groups is 1. The molecule has 0 radical (unpaired) electrons. The van der Waals surface area contributed by atoms with Gasteiger partial charge in [-0.25, -0.2) is 18.2 Å². The van der Waals surface area contributed by atoms with Crippen LogP contribution in [0.15, 0.2) is 12.1 Å². The van der Waals surface area contributed by atoms with Gasteiger partial charge >= 0.3 is 0 Å². The molecule has 0 aliphatic rings. The zero-order chi connectivity index (χ0) is 14.2. The lowest BCUT2D eigenvalue weighted by atomic mass is 10.2. The fourth-order valence-electron chi connectivity index (χ4n) is 1.54. The first-order valence-corrected chi connectivity index (χ1v) is 6.10. The molecule has 0 saturated carbocycles. The van der Waals surface area contributed by atoms with Crippen LogP contribution in [0.5, 0.6) is 0 Å². The molecule has 0 aliphatic heterocycles. The molecule has 1 N–H and O–H groups in total. The zero-order valence-corrected chi connectivity index (χ0v) is 10.9. The molecule has 0 bridgehead atoms. The van der Waals surface area contributed by atoms with Crippen molar-refractivity contribution in [2.45, 2.75) is 13.8 Å². The fraction of sp³-hybridized carbons (Fsp3) is 0.167. The van der Waals surface area contributed by atoms with Crippen LogP contribution in [0.3, 0.4) is 0 Å². The quantitative estimate of drug-likeness (QED) is 0.859. The monoisotopic (exact) mass is 286 g/mol. The number of hydrogen-bond acceptors (Lipinski definition) is 3. The molecule has 2 aromatic rings. The first kappa shape index (κ1) is 13.5. The average Bonchev–Trinajstić information content (AvgIpc) is 2.69. The molecule has 19 heavy (non-hydrogen) atoms. The number of nitrogens with zero attached hydrogens (tertiary/aromatic N) is 1.